The van der Waals surface area contributed by atoms with Gasteiger partial charge in [-0.05, 0) is 38.4 Å². The molecule has 2 N–H and O–H groups in total. The summed E-state index contributed by atoms with van der Waals surface area (Å²) in [5.41, 5.74) is 0. The minimum atomic E-state index is -0.0302. The number of hydrogen-bond acceptors (Lipinski definition) is 4. The summed E-state index contributed by atoms with van der Waals surface area (Å²) in [6, 6.07) is 0. The van der Waals surface area contributed by atoms with Crippen LogP contribution in [0, 0.1) is 5.92 Å². The Balaban J connectivity index is 1.80. The van der Waals surface area contributed by atoms with E-state index in [4.69, 9.17) is 9.47 Å². The third-order valence-electron chi connectivity index (χ3n) is 2.47. The molecule has 0 atom stereocenters. The van der Waals surface area contributed by atoms with Gasteiger partial charge in [0.15, 0.2) is 6.29 Å². The summed E-state index contributed by atoms with van der Waals surface area (Å²) in [5, 5.41) is 6.77. The molecule has 0 radical (unpaired) electrons. The van der Waals surface area contributed by atoms with E-state index in [0.717, 1.165) is 58.2 Å². The first-order valence-corrected chi connectivity index (χ1v) is 6.43. The van der Waals surface area contributed by atoms with Crippen molar-refractivity contribution in [3.63, 3.8) is 0 Å². The fourth-order valence-corrected chi connectivity index (χ4v) is 1.60. The maximum atomic E-state index is 5.44. The van der Waals surface area contributed by atoms with Crippen LogP contribution < -0.4 is 10.6 Å². The zero-order chi connectivity index (χ0) is 11.6. The molecule has 0 aromatic carbocycles. The summed E-state index contributed by atoms with van der Waals surface area (Å²) in [4.78, 5) is 0. The normalized spacial score (nSPS) is 18.2. The maximum Gasteiger partial charge on any atom is 0.169 e. The van der Waals surface area contributed by atoms with Crippen LogP contribution in [0.25, 0.3) is 0 Å². The Labute approximate surface area is 99.1 Å². The zero-order valence-corrected chi connectivity index (χ0v) is 10.6. The molecule has 0 amide bonds. The molecule has 1 rings (SSSR count). The van der Waals surface area contributed by atoms with E-state index in [0.29, 0.717) is 0 Å². The fourth-order valence-electron chi connectivity index (χ4n) is 1.60. The molecule has 0 spiro atoms. The van der Waals surface area contributed by atoms with Gasteiger partial charge < -0.3 is 20.1 Å². The molecule has 0 aromatic heterocycles. The summed E-state index contributed by atoms with van der Waals surface area (Å²) in [6.45, 7) is 10.1. The molecule has 1 heterocycles. The maximum absolute atomic E-state index is 5.44. The van der Waals surface area contributed by atoms with E-state index in [2.05, 4.69) is 24.5 Å². The number of rotatable bonds is 8. The van der Waals surface area contributed by atoms with Gasteiger partial charge in [-0.25, -0.2) is 0 Å². The minimum Gasteiger partial charge on any atom is -0.351 e. The van der Waals surface area contributed by atoms with Crippen molar-refractivity contribution in [3.05, 3.63) is 0 Å². The van der Waals surface area contributed by atoms with Crippen LogP contribution in [0.3, 0.4) is 0 Å². The van der Waals surface area contributed by atoms with Crippen LogP contribution in [-0.2, 0) is 9.47 Å². The summed E-state index contributed by atoms with van der Waals surface area (Å²) in [5.74, 6) is 0.733. The van der Waals surface area contributed by atoms with E-state index in [1.165, 1.54) is 0 Å². The molecule has 0 aromatic rings. The summed E-state index contributed by atoms with van der Waals surface area (Å²) in [6.07, 6.45) is 2.15. The number of ether oxygens (including phenoxy) is 2. The lowest BCUT2D eigenvalue weighted by molar-refractivity contribution is -0.175. The van der Waals surface area contributed by atoms with Gasteiger partial charge in [0.25, 0.3) is 0 Å². The van der Waals surface area contributed by atoms with Crippen LogP contribution >= 0.6 is 0 Å². The molecular formula is C12H26N2O2. The summed E-state index contributed by atoms with van der Waals surface area (Å²) in [7, 11) is 0. The molecule has 0 saturated carbocycles. The lowest BCUT2D eigenvalue weighted by Crippen LogP contribution is -2.36. The highest BCUT2D eigenvalue weighted by molar-refractivity contribution is 4.57. The first kappa shape index (κ1) is 13.9. The van der Waals surface area contributed by atoms with E-state index in [9.17, 15) is 0 Å². The van der Waals surface area contributed by atoms with E-state index < -0.39 is 0 Å². The van der Waals surface area contributed by atoms with Crippen LogP contribution in [0.5, 0.6) is 0 Å². The SMILES string of the molecule is CC(C)CNCCCNCC1OCCCO1. The molecule has 16 heavy (non-hydrogen) atoms. The average molecular weight is 230 g/mol. The molecule has 1 aliphatic heterocycles. The van der Waals surface area contributed by atoms with Gasteiger partial charge >= 0.3 is 0 Å². The first-order chi connectivity index (χ1) is 7.79. The molecule has 0 aliphatic carbocycles. The molecule has 1 fully saturated rings. The second kappa shape index (κ2) is 8.93. The average Bonchev–Trinajstić information content (AvgIpc) is 2.29. The van der Waals surface area contributed by atoms with Crippen LogP contribution in [-0.4, -0.2) is 45.7 Å². The highest BCUT2D eigenvalue weighted by atomic mass is 16.7. The van der Waals surface area contributed by atoms with Crippen molar-refractivity contribution in [1.29, 1.82) is 0 Å². The van der Waals surface area contributed by atoms with Crippen molar-refractivity contribution in [3.8, 4) is 0 Å². The van der Waals surface area contributed by atoms with E-state index >= 15 is 0 Å². The lowest BCUT2D eigenvalue weighted by Gasteiger charge is -2.23. The van der Waals surface area contributed by atoms with Crippen molar-refractivity contribution in [1.82, 2.24) is 10.6 Å². The van der Waals surface area contributed by atoms with Crippen molar-refractivity contribution in [2.24, 2.45) is 5.92 Å². The number of nitrogens with one attached hydrogen (secondary N) is 2. The lowest BCUT2D eigenvalue weighted by atomic mass is 10.2. The van der Waals surface area contributed by atoms with Gasteiger partial charge in [-0.15, -0.1) is 0 Å². The van der Waals surface area contributed by atoms with Crippen LogP contribution in [0.4, 0.5) is 0 Å². The first-order valence-electron chi connectivity index (χ1n) is 6.43. The monoisotopic (exact) mass is 230 g/mol. The Morgan fingerprint density at radius 1 is 1.12 bits per heavy atom. The van der Waals surface area contributed by atoms with Crippen molar-refractivity contribution in [2.75, 3.05) is 39.4 Å². The molecule has 4 nitrogen and oxygen atoms in total. The van der Waals surface area contributed by atoms with Gasteiger partial charge in [-0.3, -0.25) is 0 Å². The Morgan fingerprint density at radius 3 is 2.50 bits per heavy atom. The van der Waals surface area contributed by atoms with Gasteiger partial charge in [0.1, 0.15) is 0 Å². The predicted molar refractivity (Wildman–Crippen MR) is 65.5 cm³/mol. The highest BCUT2D eigenvalue weighted by Gasteiger charge is 2.12. The topological polar surface area (TPSA) is 42.5 Å². The smallest absolute Gasteiger partial charge is 0.169 e. The standard InChI is InChI=1S/C12H26N2O2/c1-11(2)9-13-5-3-6-14-10-12-15-7-4-8-16-12/h11-14H,3-10H2,1-2H3. The van der Waals surface area contributed by atoms with Crippen LogP contribution in [0.15, 0.2) is 0 Å². The zero-order valence-electron chi connectivity index (χ0n) is 10.6. The van der Waals surface area contributed by atoms with E-state index in [1.54, 1.807) is 0 Å². The van der Waals surface area contributed by atoms with Crippen molar-refractivity contribution < 1.29 is 9.47 Å². The van der Waals surface area contributed by atoms with Crippen LogP contribution in [0.1, 0.15) is 26.7 Å². The molecule has 4 heteroatoms. The van der Waals surface area contributed by atoms with E-state index in [1.807, 2.05) is 0 Å². The van der Waals surface area contributed by atoms with Gasteiger partial charge in [0.05, 0.1) is 13.2 Å². The molecule has 0 bridgehead atoms. The highest BCUT2D eigenvalue weighted by Crippen LogP contribution is 2.02. The van der Waals surface area contributed by atoms with E-state index in [-0.39, 0.29) is 6.29 Å². The Bertz CT molecular complexity index is 159. The van der Waals surface area contributed by atoms with Gasteiger partial charge in [-0.1, -0.05) is 13.8 Å². The summed E-state index contributed by atoms with van der Waals surface area (Å²) >= 11 is 0. The second-order valence-electron chi connectivity index (χ2n) is 4.68. The molecule has 0 unspecified atom stereocenters. The van der Waals surface area contributed by atoms with Crippen molar-refractivity contribution >= 4 is 0 Å². The molecule has 1 aliphatic rings. The minimum absolute atomic E-state index is 0.0302. The quantitative estimate of drug-likeness (QED) is 0.610. The Hall–Kier alpha value is -0.160. The van der Waals surface area contributed by atoms with Gasteiger partial charge in [-0.2, -0.15) is 0 Å². The third-order valence-corrected chi connectivity index (χ3v) is 2.47. The number of hydrogen-bond donors (Lipinski definition) is 2. The fraction of sp³-hybridized carbons (Fsp3) is 1.00. The van der Waals surface area contributed by atoms with Gasteiger partial charge in [0.2, 0.25) is 0 Å². The van der Waals surface area contributed by atoms with Gasteiger partial charge in [0, 0.05) is 6.54 Å². The predicted octanol–water partition coefficient (Wildman–Crippen LogP) is 0.975. The summed E-state index contributed by atoms with van der Waals surface area (Å²) < 4.78 is 10.9. The Kier molecular flexibility index (Phi) is 7.76. The molecular weight excluding hydrogens is 204 g/mol. The van der Waals surface area contributed by atoms with Crippen LogP contribution in [0.2, 0.25) is 0 Å². The largest absolute Gasteiger partial charge is 0.351 e. The molecule has 1 saturated heterocycles. The van der Waals surface area contributed by atoms with Crippen molar-refractivity contribution in [2.45, 2.75) is 33.0 Å². The Morgan fingerprint density at radius 2 is 1.81 bits per heavy atom. The third kappa shape index (κ3) is 7.17. The molecule has 96 valence electrons. The second-order valence-corrected chi connectivity index (χ2v) is 4.68.